The summed E-state index contributed by atoms with van der Waals surface area (Å²) in [5, 5.41) is 1.99. The molecule has 2 aromatic heterocycles. The molecule has 0 aliphatic carbocycles. The van der Waals surface area contributed by atoms with Gasteiger partial charge in [0, 0.05) is 33.5 Å². The molecule has 0 unspecified atom stereocenters. The molecule has 90 valence electrons. The molecule has 0 N–H and O–H groups in total. The summed E-state index contributed by atoms with van der Waals surface area (Å²) in [5.41, 5.74) is 0. The van der Waals surface area contributed by atoms with Gasteiger partial charge < -0.3 is 4.57 Å². The average Bonchev–Trinajstić information content (AvgIpc) is 2.97. The Morgan fingerprint density at radius 2 is 2.28 bits per heavy atom. The normalized spacial score (nSPS) is 11.6. The summed E-state index contributed by atoms with van der Waals surface area (Å²) in [6.07, 6.45) is 9.83. The van der Waals surface area contributed by atoms with Gasteiger partial charge in [-0.05, 0) is 35.7 Å². The molecule has 3 aromatic rings. The first-order valence-corrected chi connectivity index (χ1v) is 6.82. The van der Waals surface area contributed by atoms with E-state index in [1.807, 2.05) is 29.2 Å². The van der Waals surface area contributed by atoms with Gasteiger partial charge >= 0.3 is 0 Å². The van der Waals surface area contributed by atoms with Crippen LogP contribution in [0.15, 0.2) is 49.1 Å². The number of hydrogen-bond acceptors (Lipinski definition) is 2. The maximum absolute atomic E-state index is 5.98. The second-order valence-corrected chi connectivity index (χ2v) is 5.54. The summed E-state index contributed by atoms with van der Waals surface area (Å²) in [5.74, 6) is 0. The molecule has 0 aliphatic rings. The number of aromatic nitrogens is 2. The van der Waals surface area contributed by atoms with Crippen LogP contribution in [0.5, 0.6) is 0 Å². The SMILES string of the molecule is Clc1ccc2sc(C=CCn3ccnc3)cc2c1. The van der Waals surface area contributed by atoms with Crippen LogP contribution in [0.2, 0.25) is 5.02 Å². The number of fused-ring (bicyclic) bond motifs is 1. The fraction of sp³-hybridized carbons (Fsp3) is 0.0714. The molecule has 1 aromatic carbocycles. The van der Waals surface area contributed by atoms with Crippen LogP contribution in [0, 0.1) is 0 Å². The highest BCUT2D eigenvalue weighted by atomic mass is 35.5. The summed E-state index contributed by atoms with van der Waals surface area (Å²) < 4.78 is 3.29. The number of benzene rings is 1. The van der Waals surface area contributed by atoms with Crippen molar-refractivity contribution in [2.45, 2.75) is 6.54 Å². The lowest BCUT2D eigenvalue weighted by molar-refractivity contribution is 0.823. The predicted octanol–water partition coefficient (Wildman–Crippen LogP) is 4.46. The van der Waals surface area contributed by atoms with Crippen molar-refractivity contribution >= 4 is 39.1 Å². The molecular formula is C14H11ClN2S. The first kappa shape index (κ1) is 11.5. The van der Waals surface area contributed by atoms with E-state index in [2.05, 4.69) is 29.3 Å². The molecule has 3 rings (SSSR count). The molecule has 0 amide bonds. The number of allylic oxidation sites excluding steroid dienone is 1. The fourth-order valence-electron chi connectivity index (χ4n) is 1.80. The van der Waals surface area contributed by atoms with Crippen molar-refractivity contribution in [2.24, 2.45) is 0 Å². The molecule has 4 heteroatoms. The zero-order valence-electron chi connectivity index (χ0n) is 9.58. The first-order chi connectivity index (χ1) is 8.81. The topological polar surface area (TPSA) is 17.8 Å². The fourth-order valence-corrected chi connectivity index (χ4v) is 2.96. The smallest absolute Gasteiger partial charge is 0.0948 e. The molecule has 0 saturated heterocycles. The van der Waals surface area contributed by atoms with Crippen LogP contribution in [0.25, 0.3) is 16.2 Å². The maximum atomic E-state index is 5.98. The first-order valence-electron chi connectivity index (χ1n) is 5.63. The summed E-state index contributed by atoms with van der Waals surface area (Å²) in [7, 11) is 0. The van der Waals surface area contributed by atoms with E-state index in [0.29, 0.717) is 0 Å². The Morgan fingerprint density at radius 3 is 3.11 bits per heavy atom. The predicted molar refractivity (Wildman–Crippen MR) is 78.1 cm³/mol. The van der Waals surface area contributed by atoms with Gasteiger partial charge in [0.1, 0.15) is 0 Å². The number of halogens is 1. The second-order valence-electron chi connectivity index (χ2n) is 3.99. The third kappa shape index (κ3) is 2.47. The zero-order chi connectivity index (χ0) is 12.4. The number of hydrogen-bond donors (Lipinski definition) is 0. The lowest BCUT2D eigenvalue weighted by Crippen LogP contribution is -1.88. The van der Waals surface area contributed by atoms with E-state index in [9.17, 15) is 0 Å². The Morgan fingerprint density at radius 1 is 1.33 bits per heavy atom. The minimum Gasteiger partial charge on any atom is -0.334 e. The Balaban J connectivity index is 1.80. The number of rotatable bonds is 3. The van der Waals surface area contributed by atoms with Gasteiger partial charge in [-0.15, -0.1) is 11.3 Å². The molecule has 0 aliphatic heterocycles. The van der Waals surface area contributed by atoms with E-state index in [4.69, 9.17) is 11.6 Å². The van der Waals surface area contributed by atoms with Crippen molar-refractivity contribution in [2.75, 3.05) is 0 Å². The third-order valence-electron chi connectivity index (χ3n) is 2.65. The maximum Gasteiger partial charge on any atom is 0.0948 e. The van der Waals surface area contributed by atoms with Gasteiger partial charge in [0.15, 0.2) is 0 Å². The Kier molecular flexibility index (Phi) is 3.17. The van der Waals surface area contributed by atoms with Gasteiger partial charge in [0.2, 0.25) is 0 Å². The van der Waals surface area contributed by atoms with E-state index in [-0.39, 0.29) is 0 Å². The molecule has 0 radical (unpaired) electrons. The molecular weight excluding hydrogens is 264 g/mol. The molecule has 18 heavy (non-hydrogen) atoms. The third-order valence-corrected chi connectivity index (χ3v) is 3.97. The highest BCUT2D eigenvalue weighted by Crippen LogP contribution is 2.28. The molecule has 0 spiro atoms. The largest absolute Gasteiger partial charge is 0.334 e. The highest BCUT2D eigenvalue weighted by Gasteiger charge is 1.99. The van der Waals surface area contributed by atoms with E-state index in [1.165, 1.54) is 15.0 Å². The number of nitrogens with zero attached hydrogens (tertiary/aromatic N) is 2. The van der Waals surface area contributed by atoms with Gasteiger partial charge in [0.05, 0.1) is 6.33 Å². The van der Waals surface area contributed by atoms with Crippen molar-refractivity contribution in [3.8, 4) is 0 Å². The lowest BCUT2D eigenvalue weighted by atomic mass is 10.2. The summed E-state index contributed by atoms with van der Waals surface area (Å²) in [6.45, 7) is 0.842. The van der Waals surface area contributed by atoms with E-state index >= 15 is 0 Å². The summed E-state index contributed by atoms with van der Waals surface area (Å²) in [6, 6.07) is 8.16. The Hall–Kier alpha value is -1.58. The number of imidazole rings is 1. The summed E-state index contributed by atoms with van der Waals surface area (Å²) >= 11 is 7.75. The van der Waals surface area contributed by atoms with Gasteiger partial charge in [0.25, 0.3) is 0 Å². The van der Waals surface area contributed by atoms with Crippen LogP contribution in [0.3, 0.4) is 0 Å². The lowest BCUT2D eigenvalue weighted by Gasteiger charge is -1.92. The van der Waals surface area contributed by atoms with Gasteiger partial charge in [-0.1, -0.05) is 17.7 Å². The zero-order valence-corrected chi connectivity index (χ0v) is 11.2. The molecule has 2 nitrogen and oxygen atoms in total. The van der Waals surface area contributed by atoms with Crippen LogP contribution in [0.4, 0.5) is 0 Å². The Bertz CT molecular complexity index is 683. The minimum atomic E-state index is 0.786. The highest BCUT2D eigenvalue weighted by molar-refractivity contribution is 7.19. The van der Waals surface area contributed by atoms with Crippen LogP contribution in [-0.2, 0) is 6.54 Å². The average molecular weight is 275 g/mol. The van der Waals surface area contributed by atoms with Crippen molar-refractivity contribution in [1.82, 2.24) is 9.55 Å². The van der Waals surface area contributed by atoms with Crippen LogP contribution < -0.4 is 0 Å². The monoisotopic (exact) mass is 274 g/mol. The van der Waals surface area contributed by atoms with Crippen molar-refractivity contribution < 1.29 is 0 Å². The van der Waals surface area contributed by atoms with Gasteiger partial charge in [-0.3, -0.25) is 0 Å². The molecule has 0 bridgehead atoms. The van der Waals surface area contributed by atoms with E-state index < -0.39 is 0 Å². The van der Waals surface area contributed by atoms with Crippen molar-refractivity contribution in [1.29, 1.82) is 0 Å². The molecule has 2 heterocycles. The van der Waals surface area contributed by atoms with Crippen molar-refractivity contribution in [3.63, 3.8) is 0 Å². The quantitative estimate of drug-likeness (QED) is 0.689. The number of thiophene rings is 1. The standard InChI is InChI=1S/C14H11ClN2S/c15-12-3-4-14-11(8-12)9-13(18-14)2-1-6-17-7-5-16-10-17/h1-5,7-10H,6H2. The van der Waals surface area contributed by atoms with Crippen molar-refractivity contribution in [3.05, 3.63) is 59.0 Å². The molecule has 0 saturated carbocycles. The van der Waals surface area contributed by atoms with Gasteiger partial charge in [-0.2, -0.15) is 0 Å². The van der Waals surface area contributed by atoms with E-state index in [1.54, 1.807) is 17.5 Å². The van der Waals surface area contributed by atoms with Crippen LogP contribution in [-0.4, -0.2) is 9.55 Å². The molecule has 0 fully saturated rings. The molecule has 0 atom stereocenters. The van der Waals surface area contributed by atoms with Crippen LogP contribution in [0.1, 0.15) is 4.88 Å². The summed E-state index contributed by atoms with van der Waals surface area (Å²) in [4.78, 5) is 5.25. The minimum absolute atomic E-state index is 0.786. The Labute approximate surface area is 114 Å². The van der Waals surface area contributed by atoms with Crippen LogP contribution >= 0.6 is 22.9 Å². The second kappa shape index (κ2) is 4.96. The van der Waals surface area contributed by atoms with E-state index in [0.717, 1.165) is 11.6 Å². The van der Waals surface area contributed by atoms with Gasteiger partial charge in [-0.25, -0.2) is 4.98 Å².